The quantitative estimate of drug-likeness (QED) is 0.894. The molecule has 2 N–H and O–H groups in total. The zero-order valence-corrected chi connectivity index (χ0v) is 12.8. The third-order valence-electron chi connectivity index (χ3n) is 3.55. The molecule has 1 aliphatic heterocycles. The maximum absolute atomic E-state index is 11.7. The fraction of sp³-hybridized carbons (Fsp3) is 0.400. The Balaban J connectivity index is 2.26. The van der Waals surface area contributed by atoms with E-state index in [9.17, 15) is 9.00 Å². The largest absolute Gasteiger partial charge is 0.291 e. The molecule has 0 bridgehead atoms. The van der Waals surface area contributed by atoms with Gasteiger partial charge in [0.05, 0.1) is 16.8 Å². The monoisotopic (exact) mass is 292 g/mol. The lowest BCUT2D eigenvalue weighted by Gasteiger charge is -2.30. The molecule has 3 unspecified atom stereocenters. The maximum atomic E-state index is 11.7. The smallest absolute Gasteiger partial charge is 0.234 e. The second kappa shape index (κ2) is 6.33. The molecule has 2 rings (SSSR count). The summed E-state index contributed by atoms with van der Waals surface area (Å²) in [5, 5.41) is 0. The first-order valence-corrected chi connectivity index (χ1v) is 8.20. The first-order chi connectivity index (χ1) is 9.49. The maximum Gasteiger partial charge on any atom is 0.234 e. The van der Waals surface area contributed by atoms with Crippen molar-refractivity contribution in [2.24, 2.45) is 5.92 Å². The summed E-state index contributed by atoms with van der Waals surface area (Å²) in [4.78, 5) is 12.1. The molecule has 1 aliphatic rings. The number of nitrogens with one attached hydrogen (secondary N) is 2. The molecule has 1 amide bonds. The van der Waals surface area contributed by atoms with E-state index in [-0.39, 0.29) is 17.9 Å². The number of carbonyl (C=O) groups is 1. The van der Waals surface area contributed by atoms with E-state index >= 15 is 0 Å². The van der Waals surface area contributed by atoms with Crippen molar-refractivity contribution in [2.45, 2.75) is 31.2 Å². The fourth-order valence-electron chi connectivity index (χ4n) is 2.52. The van der Waals surface area contributed by atoms with Crippen molar-refractivity contribution in [1.29, 1.82) is 0 Å². The van der Waals surface area contributed by atoms with Crippen LogP contribution in [0.25, 0.3) is 6.08 Å². The van der Waals surface area contributed by atoms with Crippen molar-refractivity contribution in [3.63, 3.8) is 0 Å². The molecule has 5 heteroatoms. The zero-order chi connectivity index (χ0) is 14.7. The average molecular weight is 292 g/mol. The third-order valence-corrected chi connectivity index (χ3v) is 4.54. The number of hydrogen-bond donors (Lipinski definition) is 2. The molecule has 0 radical (unpaired) electrons. The van der Waals surface area contributed by atoms with E-state index in [0.29, 0.717) is 6.42 Å². The van der Waals surface area contributed by atoms with Crippen LogP contribution in [0.1, 0.15) is 25.8 Å². The Hall–Kier alpha value is -1.46. The van der Waals surface area contributed by atoms with Gasteiger partial charge < -0.3 is 0 Å². The van der Waals surface area contributed by atoms with Gasteiger partial charge in [-0.2, -0.15) is 0 Å². The molecular formula is C15H20N2O2S. The van der Waals surface area contributed by atoms with E-state index in [4.69, 9.17) is 0 Å². The van der Waals surface area contributed by atoms with Crippen LogP contribution in [0.15, 0.2) is 34.7 Å². The summed E-state index contributed by atoms with van der Waals surface area (Å²) in [6.07, 6.45) is 4.25. The highest BCUT2D eigenvalue weighted by Crippen LogP contribution is 2.22. The van der Waals surface area contributed by atoms with Crippen molar-refractivity contribution < 1.29 is 9.00 Å². The van der Waals surface area contributed by atoms with Gasteiger partial charge in [0.1, 0.15) is 0 Å². The van der Waals surface area contributed by atoms with E-state index in [0.717, 1.165) is 16.0 Å². The van der Waals surface area contributed by atoms with Crippen LogP contribution in [0.4, 0.5) is 0 Å². The molecule has 4 nitrogen and oxygen atoms in total. The normalized spacial score (nSPS) is 25.1. The van der Waals surface area contributed by atoms with Crippen LogP contribution < -0.4 is 10.9 Å². The highest BCUT2D eigenvalue weighted by atomic mass is 32.2. The van der Waals surface area contributed by atoms with Crippen LogP contribution in [0, 0.1) is 5.92 Å². The minimum atomic E-state index is -1.01. The standard InChI is InChI=1S/C15H20N2O2S/c1-10(15-11(2)9-14(18)16-17-15)8-12-6-4-5-7-13(12)20(3)19/h4-8,11,15,17H,9H2,1-3H3,(H,16,18)/b10-8+. The molecule has 3 atom stereocenters. The highest BCUT2D eigenvalue weighted by Gasteiger charge is 2.26. The van der Waals surface area contributed by atoms with E-state index in [1.165, 1.54) is 0 Å². The van der Waals surface area contributed by atoms with Crippen molar-refractivity contribution >= 4 is 22.8 Å². The summed E-state index contributed by atoms with van der Waals surface area (Å²) in [6, 6.07) is 7.78. The Bertz CT molecular complexity index is 569. The van der Waals surface area contributed by atoms with E-state index < -0.39 is 10.8 Å². The molecular weight excluding hydrogens is 272 g/mol. The molecule has 0 spiro atoms. The average Bonchev–Trinajstić information content (AvgIpc) is 2.38. The predicted octanol–water partition coefficient (Wildman–Crippen LogP) is 1.86. The molecule has 1 aromatic carbocycles. The van der Waals surface area contributed by atoms with Crippen molar-refractivity contribution in [3.8, 4) is 0 Å². The van der Waals surface area contributed by atoms with E-state index in [1.807, 2.05) is 37.3 Å². The van der Waals surface area contributed by atoms with Gasteiger partial charge >= 0.3 is 0 Å². The van der Waals surface area contributed by atoms with Crippen LogP contribution >= 0.6 is 0 Å². The number of carbonyl (C=O) groups excluding carboxylic acids is 1. The topological polar surface area (TPSA) is 58.2 Å². The minimum Gasteiger partial charge on any atom is -0.291 e. The van der Waals surface area contributed by atoms with Crippen molar-refractivity contribution in [1.82, 2.24) is 10.9 Å². The van der Waals surface area contributed by atoms with Crippen molar-refractivity contribution in [2.75, 3.05) is 6.26 Å². The van der Waals surface area contributed by atoms with E-state index in [2.05, 4.69) is 17.8 Å². The van der Waals surface area contributed by atoms with Gasteiger partial charge in [-0.15, -0.1) is 0 Å². The molecule has 1 fully saturated rings. The Morgan fingerprint density at radius 1 is 1.40 bits per heavy atom. The molecule has 0 aromatic heterocycles. The van der Waals surface area contributed by atoms with Gasteiger partial charge in [-0.05, 0) is 24.5 Å². The van der Waals surface area contributed by atoms with Crippen LogP contribution in [-0.4, -0.2) is 22.4 Å². The van der Waals surface area contributed by atoms with Gasteiger partial charge in [0.25, 0.3) is 0 Å². The molecule has 1 heterocycles. The summed E-state index contributed by atoms with van der Waals surface area (Å²) >= 11 is 0. The van der Waals surface area contributed by atoms with Crippen LogP contribution in [0.2, 0.25) is 0 Å². The predicted molar refractivity (Wildman–Crippen MR) is 81.3 cm³/mol. The Kier molecular flexibility index (Phi) is 4.73. The van der Waals surface area contributed by atoms with Gasteiger partial charge in [0, 0.05) is 17.6 Å². The van der Waals surface area contributed by atoms with Gasteiger partial charge in [-0.1, -0.05) is 36.8 Å². The first kappa shape index (κ1) is 14.9. The van der Waals surface area contributed by atoms with E-state index in [1.54, 1.807) is 6.26 Å². The zero-order valence-electron chi connectivity index (χ0n) is 12.0. The van der Waals surface area contributed by atoms with Gasteiger partial charge in [0.2, 0.25) is 5.91 Å². The van der Waals surface area contributed by atoms with Gasteiger partial charge in [0.15, 0.2) is 0 Å². The number of benzene rings is 1. The first-order valence-electron chi connectivity index (χ1n) is 6.64. The van der Waals surface area contributed by atoms with Gasteiger partial charge in [-0.25, -0.2) is 5.43 Å². The molecule has 20 heavy (non-hydrogen) atoms. The lowest BCUT2D eigenvalue weighted by Crippen LogP contribution is -2.53. The lowest BCUT2D eigenvalue weighted by atomic mass is 9.90. The number of hydrogen-bond acceptors (Lipinski definition) is 3. The summed E-state index contributed by atoms with van der Waals surface area (Å²) in [7, 11) is -1.01. The van der Waals surface area contributed by atoms with Gasteiger partial charge in [-0.3, -0.25) is 14.4 Å². The number of amides is 1. The van der Waals surface area contributed by atoms with Crippen molar-refractivity contribution in [3.05, 3.63) is 35.4 Å². The molecule has 1 saturated heterocycles. The second-order valence-corrected chi connectivity index (χ2v) is 6.58. The molecule has 0 aliphatic carbocycles. The summed E-state index contributed by atoms with van der Waals surface area (Å²) in [6.45, 7) is 4.08. The minimum absolute atomic E-state index is 0.0246. The molecule has 0 saturated carbocycles. The number of rotatable bonds is 3. The summed E-state index contributed by atoms with van der Waals surface area (Å²) in [5.41, 5.74) is 7.81. The summed E-state index contributed by atoms with van der Waals surface area (Å²) in [5.74, 6) is 0.260. The highest BCUT2D eigenvalue weighted by molar-refractivity contribution is 7.84. The number of hydrazine groups is 1. The third kappa shape index (κ3) is 3.35. The van der Waals surface area contributed by atoms with Crippen LogP contribution in [0.3, 0.4) is 0 Å². The molecule has 108 valence electrons. The lowest BCUT2D eigenvalue weighted by molar-refractivity contribution is -0.125. The summed E-state index contributed by atoms with van der Waals surface area (Å²) < 4.78 is 11.7. The fourth-order valence-corrected chi connectivity index (χ4v) is 3.25. The SMILES string of the molecule is C/C(=C\c1ccccc1S(C)=O)C1NNC(=O)CC1C. The Morgan fingerprint density at radius 2 is 2.10 bits per heavy atom. The van der Waals surface area contributed by atoms with Crippen LogP contribution in [-0.2, 0) is 15.6 Å². The second-order valence-electron chi connectivity index (χ2n) is 5.23. The Labute approximate surface area is 122 Å². The molecule has 1 aromatic rings. The Morgan fingerprint density at radius 3 is 2.75 bits per heavy atom. The van der Waals surface area contributed by atoms with Crippen LogP contribution in [0.5, 0.6) is 0 Å².